The maximum absolute atomic E-state index is 12.4. The number of hydrogen-bond donors (Lipinski definition) is 2. The van der Waals surface area contributed by atoms with Crippen molar-refractivity contribution in [1.29, 1.82) is 0 Å². The Morgan fingerprint density at radius 3 is 2.87 bits per heavy atom. The zero-order valence-electron chi connectivity index (χ0n) is 16.3. The highest BCUT2D eigenvalue weighted by Crippen LogP contribution is 2.42. The third kappa shape index (κ3) is 3.32. The molecule has 1 fully saturated rings. The average Bonchev–Trinajstić information content (AvgIpc) is 3.38. The second kappa shape index (κ2) is 7.25. The van der Waals surface area contributed by atoms with Crippen molar-refractivity contribution in [3.63, 3.8) is 0 Å². The van der Waals surface area contributed by atoms with Gasteiger partial charge in [0.15, 0.2) is 11.0 Å². The van der Waals surface area contributed by atoms with Gasteiger partial charge in [0.1, 0.15) is 5.82 Å². The number of thioether (sulfide) groups is 1. The maximum atomic E-state index is 12.4. The van der Waals surface area contributed by atoms with E-state index >= 15 is 0 Å². The number of fused-ring (bicyclic) bond motifs is 2. The molecule has 1 saturated carbocycles. The molecule has 3 heterocycles. The minimum absolute atomic E-state index is 0.189. The summed E-state index contributed by atoms with van der Waals surface area (Å²) in [6.07, 6.45) is 4.23. The lowest BCUT2D eigenvalue weighted by molar-refractivity contribution is 0.669. The second-order valence-electron chi connectivity index (χ2n) is 7.62. The van der Waals surface area contributed by atoms with Crippen molar-refractivity contribution in [2.45, 2.75) is 29.8 Å². The molecule has 2 aromatic carbocycles. The van der Waals surface area contributed by atoms with Gasteiger partial charge in [0.2, 0.25) is 0 Å². The van der Waals surface area contributed by atoms with Crippen LogP contribution in [0.25, 0.3) is 33.2 Å². The van der Waals surface area contributed by atoms with Crippen LogP contribution >= 0.6 is 23.4 Å². The zero-order valence-corrected chi connectivity index (χ0v) is 17.9. The fourth-order valence-electron chi connectivity index (χ4n) is 3.84. The number of para-hydroxylation sites is 1. The molecule has 0 spiro atoms. The molecule has 9 heteroatoms. The number of aromatic amines is 2. The lowest BCUT2D eigenvalue weighted by Crippen LogP contribution is -2.11. The molecule has 7 nitrogen and oxygen atoms in total. The van der Waals surface area contributed by atoms with Crippen LogP contribution in [0.2, 0.25) is 5.02 Å². The van der Waals surface area contributed by atoms with Gasteiger partial charge in [-0.2, -0.15) is 0 Å². The van der Waals surface area contributed by atoms with Crippen molar-refractivity contribution in [2.75, 3.05) is 0 Å². The van der Waals surface area contributed by atoms with E-state index < -0.39 is 0 Å². The lowest BCUT2D eigenvalue weighted by atomic mass is 10.1. The monoisotopic (exact) mass is 448 g/mol. The molecule has 154 valence electrons. The molecule has 1 aliphatic carbocycles. The number of hydrogen-bond acceptors (Lipinski definition) is 5. The Balaban J connectivity index is 1.34. The second-order valence-corrected chi connectivity index (χ2v) is 9.00. The molecule has 3 aromatic heterocycles. The number of aromatic nitrogens is 6. The van der Waals surface area contributed by atoms with Crippen molar-refractivity contribution >= 4 is 45.2 Å². The van der Waals surface area contributed by atoms with E-state index in [0.29, 0.717) is 33.5 Å². The molecule has 6 rings (SSSR count). The fraction of sp³-hybridized carbons (Fsp3) is 0.182. The van der Waals surface area contributed by atoms with Gasteiger partial charge in [0.05, 0.1) is 16.7 Å². The molecule has 0 radical (unpaired) electrons. The van der Waals surface area contributed by atoms with Gasteiger partial charge < -0.3 is 9.97 Å². The van der Waals surface area contributed by atoms with Crippen LogP contribution in [-0.4, -0.2) is 29.7 Å². The molecule has 0 amide bonds. The van der Waals surface area contributed by atoms with Crippen LogP contribution < -0.4 is 5.56 Å². The van der Waals surface area contributed by atoms with E-state index in [1.165, 1.54) is 11.8 Å². The van der Waals surface area contributed by atoms with E-state index in [1.54, 1.807) is 18.2 Å². The van der Waals surface area contributed by atoms with Gasteiger partial charge in [-0.05, 0) is 37.1 Å². The molecule has 0 atom stereocenters. The highest BCUT2D eigenvalue weighted by Gasteiger charge is 2.31. The number of H-pyrrole nitrogens is 2. The predicted octanol–water partition coefficient (Wildman–Crippen LogP) is 4.94. The summed E-state index contributed by atoms with van der Waals surface area (Å²) in [6.45, 7) is 0. The first kappa shape index (κ1) is 18.7. The summed E-state index contributed by atoms with van der Waals surface area (Å²) < 4.78 is 2.22. The van der Waals surface area contributed by atoms with Crippen molar-refractivity contribution in [1.82, 2.24) is 29.7 Å². The quantitative estimate of drug-likeness (QED) is 0.371. The lowest BCUT2D eigenvalue weighted by Gasteiger charge is -2.08. The first-order valence-electron chi connectivity index (χ1n) is 10.00. The van der Waals surface area contributed by atoms with Gasteiger partial charge in [-0.15, -0.1) is 10.2 Å². The molecule has 1 aliphatic rings. The van der Waals surface area contributed by atoms with Crippen LogP contribution in [0.15, 0.2) is 58.6 Å². The Morgan fingerprint density at radius 1 is 1.13 bits per heavy atom. The summed E-state index contributed by atoms with van der Waals surface area (Å²) in [5.74, 6) is 1.97. The van der Waals surface area contributed by atoms with Crippen LogP contribution in [0.5, 0.6) is 0 Å². The molecule has 31 heavy (non-hydrogen) atoms. The highest BCUT2D eigenvalue weighted by atomic mass is 35.5. The number of nitrogens with zero attached hydrogens (tertiary/aromatic N) is 4. The van der Waals surface area contributed by atoms with Crippen molar-refractivity contribution < 1.29 is 0 Å². The van der Waals surface area contributed by atoms with Gasteiger partial charge in [-0.25, -0.2) is 4.98 Å². The van der Waals surface area contributed by atoms with E-state index in [1.807, 2.05) is 18.3 Å². The molecule has 2 N–H and O–H groups in total. The van der Waals surface area contributed by atoms with E-state index in [9.17, 15) is 4.79 Å². The van der Waals surface area contributed by atoms with Crippen LogP contribution in [0.3, 0.4) is 0 Å². The van der Waals surface area contributed by atoms with Crippen LogP contribution in [0, 0.1) is 0 Å². The molecular formula is C22H17ClN6OS. The minimum atomic E-state index is -0.189. The van der Waals surface area contributed by atoms with E-state index in [-0.39, 0.29) is 5.56 Å². The minimum Gasteiger partial charge on any atom is -0.360 e. The van der Waals surface area contributed by atoms with Gasteiger partial charge in [-0.1, -0.05) is 41.6 Å². The van der Waals surface area contributed by atoms with E-state index in [2.05, 4.69) is 41.8 Å². The zero-order chi connectivity index (χ0) is 20.9. The Labute approximate surface area is 185 Å². The molecule has 0 aliphatic heterocycles. The summed E-state index contributed by atoms with van der Waals surface area (Å²) in [5, 5.41) is 12.0. The van der Waals surface area contributed by atoms with Crippen molar-refractivity contribution in [3.8, 4) is 11.4 Å². The van der Waals surface area contributed by atoms with E-state index in [0.717, 1.165) is 40.3 Å². The predicted molar refractivity (Wildman–Crippen MR) is 123 cm³/mol. The third-order valence-corrected chi connectivity index (χ3v) is 6.65. The largest absolute Gasteiger partial charge is 0.360 e. The summed E-state index contributed by atoms with van der Waals surface area (Å²) in [7, 11) is 0. The maximum Gasteiger partial charge on any atom is 0.258 e. The Hall–Kier alpha value is -3.10. The average molecular weight is 449 g/mol. The summed E-state index contributed by atoms with van der Waals surface area (Å²) in [5.41, 5.74) is 2.57. The molecule has 0 saturated heterocycles. The molecular weight excluding hydrogens is 432 g/mol. The summed E-state index contributed by atoms with van der Waals surface area (Å²) >= 11 is 7.53. The standard InChI is InChI=1S/C22H17ClN6OS/c23-12-5-8-18-15(9-12)21(30)26-19(25-18)11-31-22-28-27-20(29(22)13-6-7-13)16-10-24-17-4-2-1-3-14(16)17/h1-5,8-10,13,24H,6-7,11H2,(H,25,26,30). The number of benzene rings is 2. The van der Waals surface area contributed by atoms with Crippen molar-refractivity contribution in [2.24, 2.45) is 0 Å². The first-order valence-corrected chi connectivity index (χ1v) is 11.4. The molecule has 0 unspecified atom stereocenters. The number of rotatable bonds is 5. The normalized spacial score (nSPS) is 14.0. The SMILES string of the molecule is O=c1[nH]c(CSc2nnc(-c3c[nH]c4ccccc34)n2C2CC2)nc2ccc(Cl)cc12. The Bertz CT molecular complexity index is 1500. The Kier molecular flexibility index (Phi) is 4.36. The van der Waals surface area contributed by atoms with Crippen LogP contribution in [0.1, 0.15) is 24.7 Å². The summed E-state index contributed by atoms with van der Waals surface area (Å²) in [6, 6.07) is 13.7. The topological polar surface area (TPSA) is 92.3 Å². The first-order chi connectivity index (χ1) is 15.2. The molecule has 5 aromatic rings. The van der Waals surface area contributed by atoms with Crippen LogP contribution in [-0.2, 0) is 5.75 Å². The number of nitrogens with one attached hydrogen (secondary N) is 2. The van der Waals surface area contributed by atoms with Gasteiger partial charge >= 0.3 is 0 Å². The smallest absolute Gasteiger partial charge is 0.258 e. The highest BCUT2D eigenvalue weighted by molar-refractivity contribution is 7.98. The van der Waals surface area contributed by atoms with Gasteiger partial charge in [0, 0.05) is 33.7 Å². The third-order valence-electron chi connectivity index (χ3n) is 5.46. The van der Waals surface area contributed by atoms with Crippen molar-refractivity contribution in [3.05, 3.63) is 69.9 Å². The van der Waals surface area contributed by atoms with Gasteiger partial charge in [0.25, 0.3) is 5.56 Å². The van der Waals surface area contributed by atoms with E-state index in [4.69, 9.17) is 11.6 Å². The molecule has 0 bridgehead atoms. The fourth-order valence-corrected chi connectivity index (χ4v) is 4.89. The van der Waals surface area contributed by atoms with Crippen LogP contribution in [0.4, 0.5) is 0 Å². The Morgan fingerprint density at radius 2 is 2.00 bits per heavy atom. The van der Waals surface area contributed by atoms with Gasteiger partial charge in [-0.3, -0.25) is 9.36 Å². The number of halogens is 1. The summed E-state index contributed by atoms with van der Waals surface area (Å²) in [4.78, 5) is 23.2.